The van der Waals surface area contributed by atoms with E-state index in [0.29, 0.717) is 0 Å². The first-order valence-corrected chi connectivity index (χ1v) is 10.1. The summed E-state index contributed by atoms with van der Waals surface area (Å²) in [5.74, 6) is -3.26. The molecule has 0 bridgehead atoms. The number of anilines is 1. The van der Waals surface area contributed by atoms with E-state index >= 15 is 0 Å². The number of carbonyl (C=O) groups excluding carboxylic acids is 4. The maximum atomic E-state index is 13.3. The molecule has 3 rings (SSSR count). The van der Waals surface area contributed by atoms with Crippen molar-refractivity contribution in [3.05, 3.63) is 53.1 Å². The summed E-state index contributed by atoms with van der Waals surface area (Å²) in [6.45, 7) is -0.170. The zero-order valence-corrected chi connectivity index (χ0v) is 18.1. The first-order chi connectivity index (χ1) is 16.2. The van der Waals surface area contributed by atoms with Crippen molar-refractivity contribution in [3.63, 3.8) is 0 Å². The van der Waals surface area contributed by atoms with Crippen LogP contribution in [0.4, 0.5) is 14.5 Å². The summed E-state index contributed by atoms with van der Waals surface area (Å²) in [5.41, 5.74) is 1.71. The second-order valence-electron chi connectivity index (χ2n) is 7.16. The molecule has 2 aromatic carbocycles. The monoisotopic (exact) mass is 477 g/mol. The van der Waals surface area contributed by atoms with E-state index in [1.54, 1.807) is 6.92 Å². The van der Waals surface area contributed by atoms with Gasteiger partial charge in [0.1, 0.15) is 0 Å². The number of alkyl halides is 2. The molecule has 0 unspecified atom stereocenters. The quantitative estimate of drug-likeness (QED) is 0.287. The van der Waals surface area contributed by atoms with Gasteiger partial charge in [0.15, 0.2) is 11.5 Å². The van der Waals surface area contributed by atoms with Crippen LogP contribution in [0.2, 0.25) is 0 Å². The van der Waals surface area contributed by atoms with E-state index < -0.39 is 42.7 Å². The van der Waals surface area contributed by atoms with Gasteiger partial charge in [0, 0.05) is 6.92 Å². The summed E-state index contributed by atoms with van der Waals surface area (Å²) in [7, 11) is 0. The van der Waals surface area contributed by atoms with Crippen LogP contribution in [0.3, 0.4) is 0 Å². The molecule has 0 aliphatic carbocycles. The molecule has 180 valence electrons. The highest BCUT2D eigenvalue weighted by atomic mass is 19.3. The van der Waals surface area contributed by atoms with Gasteiger partial charge < -0.3 is 14.8 Å². The summed E-state index contributed by atoms with van der Waals surface area (Å²) < 4.78 is 35.3. The normalized spacial score (nSPS) is 13.5. The zero-order chi connectivity index (χ0) is 25.0. The Morgan fingerprint density at radius 3 is 2.47 bits per heavy atom. The number of benzene rings is 2. The second-order valence-corrected chi connectivity index (χ2v) is 7.16. The van der Waals surface area contributed by atoms with Crippen LogP contribution in [-0.2, 0) is 9.59 Å². The summed E-state index contributed by atoms with van der Waals surface area (Å²) in [6, 6.07) is 6.82. The fraction of sp³-hybridized carbons (Fsp3) is 0.273. The molecule has 2 aromatic rings. The number of nitrogens with zero attached hydrogens (tertiary/aromatic N) is 1. The average molecular weight is 477 g/mol. The van der Waals surface area contributed by atoms with Gasteiger partial charge in [-0.1, -0.05) is 12.1 Å². The Hall–Kier alpha value is -4.06. The van der Waals surface area contributed by atoms with Crippen LogP contribution in [0.15, 0.2) is 36.4 Å². The molecule has 0 fully saturated rings. The lowest BCUT2D eigenvalue weighted by molar-refractivity contribution is -0.130. The van der Waals surface area contributed by atoms with Gasteiger partial charge >= 0.3 is 6.61 Å². The average Bonchev–Trinajstić information content (AvgIpc) is 3.03. The number of imide groups is 1. The number of amides is 4. The molecule has 1 heterocycles. The zero-order valence-electron chi connectivity index (χ0n) is 18.1. The topological polar surface area (TPSA) is 134 Å². The van der Waals surface area contributed by atoms with Crippen molar-refractivity contribution in [2.24, 2.45) is 0 Å². The smallest absolute Gasteiger partial charge is 0.387 e. The van der Waals surface area contributed by atoms with Crippen molar-refractivity contribution in [1.82, 2.24) is 10.4 Å². The number of rotatable bonds is 9. The molecule has 34 heavy (non-hydrogen) atoms. The summed E-state index contributed by atoms with van der Waals surface area (Å²) >= 11 is 0. The summed E-state index contributed by atoms with van der Waals surface area (Å²) in [6.07, 6.45) is -0.544. The molecule has 4 amide bonds. The van der Waals surface area contributed by atoms with Crippen molar-refractivity contribution in [1.29, 1.82) is 0 Å². The van der Waals surface area contributed by atoms with E-state index in [9.17, 15) is 28.0 Å². The Kier molecular flexibility index (Phi) is 7.41. The lowest BCUT2D eigenvalue weighted by Crippen LogP contribution is -2.37. The molecular formula is C22H21F2N3O7. The maximum Gasteiger partial charge on any atom is 0.387 e. The molecular weight excluding hydrogens is 456 g/mol. The third kappa shape index (κ3) is 4.96. The fourth-order valence-electron chi connectivity index (χ4n) is 3.65. The Morgan fingerprint density at radius 1 is 1.12 bits per heavy atom. The first-order valence-electron chi connectivity index (χ1n) is 10.1. The SMILES string of the molecule is CCOc1cc([C@@H](CC(=O)NO)N2C(=O)c3cccc(NC(C)=O)c3C2=O)ccc1OC(F)F. The van der Waals surface area contributed by atoms with Crippen LogP contribution >= 0.6 is 0 Å². The molecule has 0 spiro atoms. The highest BCUT2D eigenvalue weighted by Gasteiger charge is 2.43. The minimum Gasteiger partial charge on any atom is -0.490 e. The summed E-state index contributed by atoms with van der Waals surface area (Å²) in [5, 5.41) is 11.5. The van der Waals surface area contributed by atoms with Crippen molar-refractivity contribution in [2.45, 2.75) is 32.9 Å². The van der Waals surface area contributed by atoms with Gasteiger partial charge in [-0.05, 0) is 36.8 Å². The van der Waals surface area contributed by atoms with Gasteiger partial charge in [-0.3, -0.25) is 29.3 Å². The standard InChI is InChI=1S/C22H21F2N3O7/c1-3-33-17-9-12(7-8-16(17)34-22(23)24)15(10-18(29)26-32)27-20(30)13-5-4-6-14(25-11(2)28)19(13)21(27)31/h4-9,15,22,32H,3,10H2,1-2H3,(H,25,28)(H,26,29)/t15-/m1/s1. The predicted molar refractivity (Wildman–Crippen MR) is 113 cm³/mol. The number of nitrogens with one attached hydrogen (secondary N) is 2. The number of halogens is 2. The molecule has 12 heteroatoms. The maximum absolute atomic E-state index is 13.3. The number of hydroxylamine groups is 1. The molecule has 3 N–H and O–H groups in total. The van der Waals surface area contributed by atoms with Gasteiger partial charge in [-0.15, -0.1) is 0 Å². The second kappa shape index (κ2) is 10.3. The van der Waals surface area contributed by atoms with E-state index in [-0.39, 0.29) is 40.5 Å². The lowest BCUT2D eigenvalue weighted by Gasteiger charge is -2.27. The highest BCUT2D eigenvalue weighted by molar-refractivity contribution is 6.24. The molecule has 10 nitrogen and oxygen atoms in total. The van der Waals surface area contributed by atoms with E-state index in [1.165, 1.54) is 42.7 Å². The van der Waals surface area contributed by atoms with Crippen molar-refractivity contribution in [3.8, 4) is 11.5 Å². The highest BCUT2D eigenvalue weighted by Crippen LogP contribution is 2.39. The van der Waals surface area contributed by atoms with Crippen molar-refractivity contribution in [2.75, 3.05) is 11.9 Å². The molecule has 0 saturated carbocycles. The van der Waals surface area contributed by atoms with Gasteiger partial charge in [-0.25, -0.2) is 5.48 Å². The van der Waals surface area contributed by atoms with Gasteiger partial charge in [-0.2, -0.15) is 8.78 Å². The lowest BCUT2D eigenvalue weighted by atomic mass is 10.0. The predicted octanol–water partition coefficient (Wildman–Crippen LogP) is 2.88. The molecule has 1 atom stereocenters. The number of hydrogen-bond donors (Lipinski definition) is 3. The minimum absolute atomic E-state index is 0.00772. The Balaban J connectivity index is 2.09. The Labute approximate surface area is 192 Å². The van der Waals surface area contributed by atoms with Crippen LogP contribution in [0, 0.1) is 0 Å². The third-order valence-electron chi connectivity index (χ3n) is 4.94. The Morgan fingerprint density at radius 2 is 1.85 bits per heavy atom. The van der Waals surface area contributed by atoms with E-state index in [0.717, 1.165) is 11.0 Å². The third-order valence-corrected chi connectivity index (χ3v) is 4.94. The van der Waals surface area contributed by atoms with Gasteiger partial charge in [0.05, 0.1) is 35.9 Å². The molecule has 1 aliphatic rings. The van der Waals surface area contributed by atoms with E-state index in [2.05, 4.69) is 10.1 Å². The van der Waals surface area contributed by atoms with Gasteiger partial charge in [0.25, 0.3) is 11.8 Å². The number of hydrogen-bond acceptors (Lipinski definition) is 7. The van der Waals surface area contributed by atoms with Crippen LogP contribution in [-0.4, -0.2) is 47.0 Å². The van der Waals surface area contributed by atoms with Crippen LogP contribution in [0.5, 0.6) is 11.5 Å². The van der Waals surface area contributed by atoms with Gasteiger partial charge in [0.2, 0.25) is 11.8 Å². The number of carbonyl (C=O) groups is 4. The first kappa shape index (κ1) is 24.6. The molecule has 0 aromatic heterocycles. The Bertz CT molecular complexity index is 1140. The van der Waals surface area contributed by atoms with Crippen LogP contribution in [0.25, 0.3) is 0 Å². The fourth-order valence-corrected chi connectivity index (χ4v) is 3.65. The van der Waals surface area contributed by atoms with E-state index in [1.807, 2.05) is 0 Å². The van der Waals surface area contributed by atoms with Crippen molar-refractivity contribution < 1.29 is 42.6 Å². The minimum atomic E-state index is -3.12. The van der Waals surface area contributed by atoms with Crippen molar-refractivity contribution >= 4 is 29.3 Å². The largest absolute Gasteiger partial charge is 0.490 e. The van der Waals surface area contributed by atoms with E-state index in [4.69, 9.17) is 9.94 Å². The van der Waals surface area contributed by atoms with Crippen LogP contribution < -0.4 is 20.3 Å². The molecule has 0 radical (unpaired) electrons. The molecule has 0 saturated heterocycles. The van der Waals surface area contributed by atoms with Crippen LogP contribution in [0.1, 0.15) is 52.6 Å². The summed E-state index contributed by atoms with van der Waals surface area (Å²) in [4.78, 5) is 50.9. The number of ether oxygens (including phenoxy) is 2. The number of fused-ring (bicyclic) bond motifs is 1. The molecule has 1 aliphatic heterocycles.